The van der Waals surface area contributed by atoms with Gasteiger partial charge in [0.1, 0.15) is 6.04 Å². The fraction of sp³-hybridized carbons (Fsp3) is 0.867. The summed E-state index contributed by atoms with van der Waals surface area (Å²) in [5.41, 5.74) is 5.43. The smallest absolute Gasteiger partial charge is 0.244 e. The van der Waals surface area contributed by atoms with Crippen LogP contribution < -0.4 is 11.1 Å². The third-order valence-electron chi connectivity index (χ3n) is 3.99. The van der Waals surface area contributed by atoms with Gasteiger partial charge in [-0.05, 0) is 32.6 Å². The van der Waals surface area contributed by atoms with Crippen molar-refractivity contribution in [3.63, 3.8) is 0 Å². The van der Waals surface area contributed by atoms with Crippen LogP contribution in [-0.4, -0.2) is 41.9 Å². The van der Waals surface area contributed by atoms with Gasteiger partial charge in [0.15, 0.2) is 0 Å². The molecule has 1 heterocycles. The molecule has 1 rings (SSSR count). The zero-order valence-corrected chi connectivity index (χ0v) is 13.4. The third-order valence-corrected chi connectivity index (χ3v) is 3.99. The van der Waals surface area contributed by atoms with Crippen LogP contribution in [0.4, 0.5) is 0 Å². The van der Waals surface area contributed by atoms with Gasteiger partial charge < -0.3 is 16.0 Å². The first-order valence-electron chi connectivity index (χ1n) is 7.48. The lowest BCUT2D eigenvalue weighted by Gasteiger charge is -2.35. The largest absolute Gasteiger partial charge is 0.344 e. The Morgan fingerprint density at radius 1 is 1.20 bits per heavy atom. The molecule has 2 atom stereocenters. The van der Waals surface area contributed by atoms with Crippen LogP contribution in [0.25, 0.3) is 0 Å². The Morgan fingerprint density at radius 3 is 2.10 bits per heavy atom. The summed E-state index contributed by atoms with van der Waals surface area (Å²) in [6.07, 6.45) is 1.90. The van der Waals surface area contributed by atoms with E-state index in [9.17, 15) is 9.59 Å². The number of carbonyl (C=O) groups is 2. The fourth-order valence-corrected chi connectivity index (χ4v) is 2.39. The molecule has 2 unspecified atom stereocenters. The second-order valence-corrected chi connectivity index (χ2v) is 6.97. The Bertz CT molecular complexity index is 353. The van der Waals surface area contributed by atoms with Crippen LogP contribution in [-0.2, 0) is 9.59 Å². The molecular formula is C15H29N3O2. The Morgan fingerprint density at radius 2 is 1.70 bits per heavy atom. The number of nitrogens with two attached hydrogens (primary N) is 1. The number of piperidine rings is 1. The highest BCUT2D eigenvalue weighted by atomic mass is 16.2. The molecule has 3 N–H and O–H groups in total. The second-order valence-electron chi connectivity index (χ2n) is 6.97. The zero-order chi connectivity index (χ0) is 15.5. The maximum Gasteiger partial charge on any atom is 0.244 e. The Labute approximate surface area is 122 Å². The van der Waals surface area contributed by atoms with Gasteiger partial charge in [-0.1, -0.05) is 20.8 Å². The minimum absolute atomic E-state index is 0.00530. The highest BCUT2D eigenvalue weighted by molar-refractivity contribution is 5.89. The molecular weight excluding hydrogens is 254 g/mol. The lowest BCUT2D eigenvalue weighted by atomic mass is 9.90. The van der Waals surface area contributed by atoms with Gasteiger partial charge in [-0.2, -0.15) is 0 Å². The quantitative estimate of drug-likeness (QED) is 0.815. The zero-order valence-electron chi connectivity index (χ0n) is 13.4. The van der Waals surface area contributed by atoms with Crippen molar-refractivity contribution in [1.29, 1.82) is 0 Å². The van der Waals surface area contributed by atoms with Gasteiger partial charge in [-0.3, -0.25) is 9.59 Å². The molecule has 1 saturated heterocycles. The average molecular weight is 283 g/mol. The monoisotopic (exact) mass is 283 g/mol. The first-order valence-corrected chi connectivity index (χ1v) is 7.48. The number of nitrogens with zero attached hydrogens (tertiary/aromatic N) is 1. The van der Waals surface area contributed by atoms with Crippen molar-refractivity contribution in [2.24, 2.45) is 17.1 Å². The van der Waals surface area contributed by atoms with Gasteiger partial charge in [-0.15, -0.1) is 0 Å². The van der Waals surface area contributed by atoms with Gasteiger partial charge in [0, 0.05) is 24.5 Å². The molecule has 1 aliphatic rings. The van der Waals surface area contributed by atoms with Crippen LogP contribution >= 0.6 is 0 Å². The predicted octanol–water partition coefficient (Wildman–Crippen LogP) is 1.12. The standard InChI is InChI=1S/C15H29N3O2/c1-10(16)12-6-8-18(9-7-12)13(19)11(2)17-14(20)15(3,4)5/h10-12H,6-9,16H2,1-5H3,(H,17,20). The number of nitrogens with one attached hydrogen (secondary N) is 1. The SMILES string of the molecule is CC(NC(=O)C(C)(C)C)C(=O)N1CCC(C(C)N)CC1. The predicted molar refractivity (Wildman–Crippen MR) is 80.0 cm³/mol. The number of hydrogen-bond acceptors (Lipinski definition) is 3. The third kappa shape index (κ3) is 4.47. The van der Waals surface area contributed by atoms with Crippen LogP contribution in [0.15, 0.2) is 0 Å². The van der Waals surface area contributed by atoms with Crippen LogP contribution in [0.1, 0.15) is 47.5 Å². The highest BCUT2D eigenvalue weighted by Crippen LogP contribution is 2.20. The van der Waals surface area contributed by atoms with Crippen molar-refractivity contribution in [3.05, 3.63) is 0 Å². The molecule has 116 valence electrons. The molecule has 0 aromatic carbocycles. The number of amides is 2. The topological polar surface area (TPSA) is 75.4 Å². The van der Waals surface area contributed by atoms with E-state index in [2.05, 4.69) is 5.32 Å². The van der Waals surface area contributed by atoms with Gasteiger partial charge in [0.2, 0.25) is 11.8 Å². The Balaban J connectivity index is 2.49. The summed E-state index contributed by atoms with van der Waals surface area (Å²) in [4.78, 5) is 26.1. The molecule has 0 aliphatic carbocycles. The summed E-state index contributed by atoms with van der Waals surface area (Å²) in [6.45, 7) is 10.8. The van der Waals surface area contributed by atoms with Crippen molar-refractivity contribution >= 4 is 11.8 Å². The van der Waals surface area contributed by atoms with Gasteiger partial charge in [0.05, 0.1) is 0 Å². The van der Waals surface area contributed by atoms with Crippen molar-refractivity contribution < 1.29 is 9.59 Å². The number of hydrogen-bond donors (Lipinski definition) is 2. The fourth-order valence-electron chi connectivity index (χ4n) is 2.39. The van der Waals surface area contributed by atoms with E-state index in [1.165, 1.54) is 0 Å². The van der Waals surface area contributed by atoms with E-state index in [4.69, 9.17) is 5.73 Å². The summed E-state index contributed by atoms with van der Waals surface area (Å²) < 4.78 is 0. The van der Waals surface area contributed by atoms with Crippen LogP contribution in [0.2, 0.25) is 0 Å². The minimum atomic E-state index is -0.476. The number of carbonyl (C=O) groups excluding carboxylic acids is 2. The maximum atomic E-state index is 12.3. The lowest BCUT2D eigenvalue weighted by Crippen LogP contribution is -2.52. The van der Waals surface area contributed by atoms with Crippen molar-refractivity contribution in [1.82, 2.24) is 10.2 Å². The molecule has 2 amide bonds. The van der Waals surface area contributed by atoms with E-state index in [0.29, 0.717) is 5.92 Å². The molecule has 0 saturated carbocycles. The molecule has 1 fully saturated rings. The molecule has 0 aromatic rings. The maximum absolute atomic E-state index is 12.3. The Hall–Kier alpha value is -1.10. The van der Waals surface area contributed by atoms with E-state index < -0.39 is 11.5 Å². The van der Waals surface area contributed by atoms with Gasteiger partial charge >= 0.3 is 0 Å². The summed E-state index contributed by atoms with van der Waals surface area (Å²) >= 11 is 0. The van der Waals surface area contributed by atoms with Crippen molar-refractivity contribution in [2.75, 3.05) is 13.1 Å². The second kappa shape index (κ2) is 6.57. The molecule has 20 heavy (non-hydrogen) atoms. The minimum Gasteiger partial charge on any atom is -0.344 e. The number of likely N-dealkylation sites (tertiary alicyclic amines) is 1. The van der Waals surface area contributed by atoms with Gasteiger partial charge in [0.25, 0.3) is 0 Å². The molecule has 1 aliphatic heterocycles. The summed E-state index contributed by atoms with van der Waals surface area (Å²) in [5, 5.41) is 2.80. The molecule has 5 nitrogen and oxygen atoms in total. The molecule has 0 radical (unpaired) electrons. The van der Waals surface area contributed by atoms with E-state index in [1.54, 1.807) is 6.92 Å². The highest BCUT2D eigenvalue weighted by Gasteiger charge is 2.30. The van der Waals surface area contributed by atoms with E-state index >= 15 is 0 Å². The summed E-state index contributed by atoms with van der Waals surface area (Å²) in [7, 11) is 0. The average Bonchev–Trinajstić information content (AvgIpc) is 2.36. The molecule has 0 spiro atoms. The molecule has 0 aromatic heterocycles. The van der Waals surface area contributed by atoms with Crippen LogP contribution in [0.3, 0.4) is 0 Å². The van der Waals surface area contributed by atoms with Gasteiger partial charge in [-0.25, -0.2) is 0 Å². The lowest BCUT2D eigenvalue weighted by molar-refractivity contribution is -0.139. The van der Waals surface area contributed by atoms with E-state index in [-0.39, 0.29) is 17.9 Å². The first kappa shape index (κ1) is 17.0. The van der Waals surface area contributed by atoms with Crippen LogP contribution in [0.5, 0.6) is 0 Å². The molecule has 5 heteroatoms. The molecule has 0 bridgehead atoms. The van der Waals surface area contributed by atoms with Crippen molar-refractivity contribution in [3.8, 4) is 0 Å². The summed E-state index contributed by atoms with van der Waals surface area (Å²) in [6, 6.07) is -0.279. The van der Waals surface area contributed by atoms with E-state index in [1.807, 2.05) is 32.6 Å². The Kier molecular flexibility index (Phi) is 5.57. The van der Waals surface area contributed by atoms with E-state index in [0.717, 1.165) is 25.9 Å². The normalized spacial score (nSPS) is 20.4. The van der Waals surface area contributed by atoms with Crippen molar-refractivity contribution in [2.45, 2.75) is 59.5 Å². The number of rotatable bonds is 3. The van der Waals surface area contributed by atoms with Crippen LogP contribution in [0, 0.1) is 11.3 Å². The summed E-state index contributed by atoms with van der Waals surface area (Å²) in [5.74, 6) is 0.410. The first-order chi connectivity index (χ1) is 9.12.